The molecule has 4 aromatic rings. The molecule has 0 aliphatic heterocycles. The quantitative estimate of drug-likeness (QED) is 0.243. The summed E-state index contributed by atoms with van der Waals surface area (Å²) in [7, 11) is 0. The van der Waals surface area contributed by atoms with Gasteiger partial charge in [0.15, 0.2) is 11.5 Å². The monoisotopic (exact) mass is 488 g/mol. The minimum absolute atomic E-state index is 0.104. The molecule has 6 heteroatoms. The summed E-state index contributed by atoms with van der Waals surface area (Å²) in [4.78, 5) is 10.9. The van der Waals surface area contributed by atoms with Crippen LogP contribution in [0.25, 0.3) is 0 Å². The fourth-order valence-electron chi connectivity index (χ4n) is 3.61. The highest BCUT2D eigenvalue weighted by Gasteiger charge is 2.11. The fraction of sp³-hybridized carbons (Fsp3) is 0.138. The number of ether oxygens (including phenoxy) is 3. The molecule has 0 spiro atoms. The number of carboxylic acid groups (broad SMARTS) is 1. The normalized spacial score (nSPS) is 10.6. The molecule has 0 radical (unpaired) electrons. The Bertz CT molecular complexity index is 1300. The van der Waals surface area contributed by atoms with Crippen LogP contribution >= 0.6 is 11.6 Å². The van der Waals surface area contributed by atoms with Crippen molar-refractivity contribution in [2.24, 2.45) is 0 Å². The minimum atomic E-state index is -0.804. The van der Waals surface area contributed by atoms with E-state index in [1.165, 1.54) is 0 Å². The van der Waals surface area contributed by atoms with Gasteiger partial charge < -0.3 is 19.3 Å². The fourth-order valence-corrected chi connectivity index (χ4v) is 3.77. The molecule has 0 fully saturated rings. The Morgan fingerprint density at radius 2 is 1.40 bits per heavy atom. The van der Waals surface area contributed by atoms with Crippen LogP contribution < -0.4 is 14.2 Å². The zero-order valence-corrected chi connectivity index (χ0v) is 20.0. The van der Waals surface area contributed by atoms with Crippen LogP contribution in [0, 0.1) is 0 Å². The molecular formula is C29H25ClO5. The van der Waals surface area contributed by atoms with E-state index in [4.69, 9.17) is 30.9 Å². The van der Waals surface area contributed by atoms with Crippen molar-refractivity contribution in [3.63, 3.8) is 0 Å². The number of hydrogen-bond acceptors (Lipinski definition) is 4. The predicted octanol–water partition coefficient (Wildman–Crippen LogP) is 8.30. The summed E-state index contributed by atoms with van der Waals surface area (Å²) in [5, 5.41) is 9.51. The van der Waals surface area contributed by atoms with Crippen LogP contribution in [0.1, 0.15) is 24.5 Å². The molecule has 0 atom stereocenters. The second-order valence-electron chi connectivity index (χ2n) is 7.86. The Hall–Kier alpha value is -3.96. The van der Waals surface area contributed by atoms with Gasteiger partial charge in [-0.25, -0.2) is 0 Å². The van der Waals surface area contributed by atoms with Gasteiger partial charge in [-0.1, -0.05) is 48.9 Å². The molecule has 0 aliphatic rings. The summed E-state index contributed by atoms with van der Waals surface area (Å²) < 4.78 is 18.2. The molecule has 4 aromatic carbocycles. The Balaban J connectivity index is 1.51. The lowest BCUT2D eigenvalue weighted by Crippen LogP contribution is -2.00. The number of aryl methyl sites for hydroxylation is 2. The van der Waals surface area contributed by atoms with Crippen LogP contribution in [-0.4, -0.2) is 11.1 Å². The third-order valence-electron chi connectivity index (χ3n) is 5.31. The van der Waals surface area contributed by atoms with Crippen LogP contribution in [0.2, 0.25) is 5.02 Å². The van der Waals surface area contributed by atoms with E-state index in [1.807, 2.05) is 73.7 Å². The van der Waals surface area contributed by atoms with Gasteiger partial charge in [-0.15, -0.1) is 0 Å². The number of hydrogen-bond donors (Lipinski definition) is 1. The van der Waals surface area contributed by atoms with E-state index < -0.39 is 5.97 Å². The molecular weight excluding hydrogens is 464 g/mol. The molecule has 35 heavy (non-hydrogen) atoms. The highest BCUT2D eigenvalue weighted by Crippen LogP contribution is 2.38. The highest BCUT2D eigenvalue weighted by atomic mass is 35.5. The van der Waals surface area contributed by atoms with E-state index in [0.29, 0.717) is 45.9 Å². The van der Waals surface area contributed by atoms with Gasteiger partial charge in [-0.2, -0.15) is 0 Å². The van der Waals surface area contributed by atoms with Crippen molar-refractivity contribution in [2.45, 2.75) is 26.2 Å². The van der Waals surface area contributed by atoms with Crippen molar-refractivity contribution in [3.8, 4) is 34.5 Å². The molecule has 0 saturated heterocycles. The first kappa shape index (κ1) is 24.2. The van der Waals surface area contributed by atoms with E-state index in [0.717, 1.165) is 17.5 Å². The molecule has 1 N–H and O–H groups in total. The summed E-state index contributed by atoms with van der Waals surface area (Å²) in [6, 6.07) is 27.7. The number of halogens is 1. The highest BCUT2D eigenvalue weighted by molar-refractivity contribution is 6.30. The molecule has 0 saturated carbocycles. The standard InChI is InChI=1S/C29H25ClO5/c1-2-20-17-26(14-11-21(20)12-16-29(31)32)33-24-9-6-10-25(19-24)35-27-15-13-22(30)18-28(27)34-23-7-4-3-5-8-23/h3-11,13-15,17-19H,2,12,16H2,1H3,(H,31,32). The Labute approximate surface area is 209 Å². The lowest BCUT2D eigenvalue weighted by molar-refractivity contribution is -0.136. The lowest BCUT2D eigenvalue weighted by atomic mass is 10.0. The maximum Gasteiger partial charge on any atom is 0.303 e. The van der Waals surface area contributed by atoms with Crippen molar-refractivity contribution in [1.29, 1.82) is 0 Å². The number of aliphatic carboxylic acids is 1. The summed E-state index contributed by atoms with van der Waals surface area (Å²) in [6.07, 6.45) is 1.39. The van der Waals surface area contributed by atoms with Crippen molar-refractivity contribution < 1.29 is 24.1 Å². The topological polar surface area (TPSA) is 65.0 Å². The van der Waals surface area contributed by atoms with E-state index in [2.05, 4.69) is 0 Å². The van der Waals surface area contributed by atoms with Crippen molar-refractivity contribution in [3.05, 3.63) is 107 Å². The van der Waals surface area contributed by atoms with Crippen LogP contribution in [0.15, 0.2) is 91.0 Å². The Kier molecular flexibility index (Phi) is 7.91. The smallest absolute Gasteiger partial charge is 0.303 e. The number of rotatable bonds is 10. The van der Waals surface area contributed by atoms with Crippen LogP contribution in [0.3, 0.4) is 0 Å². The molecule has 0 aromatic heterocycles. The molecule has 0 aliphatic carbocycles. The summed E-state index contributed by atoms with van der Waals surface area (Å²) in [5.41, 5.74) is 2.09. The van der Waals surface area contributed by atoms with Crippen LogP contribution in [-0.2, 0) is 17.6 Å². The number of para-hydroxylation sites is 1. The average molecular weight is 489 g/mol. The van der Waals surface area contributed by atoms with Gasteiger partial charge in [-0.05, 0) is 72.5 Å². The summed E-state index contributed by atoms with van der Waals surface area (Å²) in [6.45, 7) is 2.04. The maximum absolute atomic E-state index is 10.9. The first-order chi connectivity index (χ1) is 17.0. The van der Waals surface area contributed by atoms with Crippen molar-refractivity contribution >= 4 is 17.6 Å². The molecule has 5 nitrogen and oxygen atoms in total. The number of benzene rings is 4. The van der Waals surface area contributed by atoms with E-state index >= 15 is 0 Å². The van der Waals surface area contributed by atoms with Crippen molar-refractivity contribution in [1.82, 2.24) is 0 Å². The van der Waals surface area contributed by atoms with Crippen LogP contribution in [0.4, 0.5) is 0 Å². The number of carboxylic acids is 1. The SMILES string of the molecule is CCc1cc(Oc2cccc(Oc3ccc(Cl)cc3Oc3ccccc3)c2)ccc1CCC(=O)O. The van der Waals surface area contributed by atoms with Gasteiger partial charge in [0.2, 0.25) is 0 Å². The Morgan fingerprint density at radius 3 is 2.14 bits per heavy atom. The third kappa shape index (κ3) is 6.78. The van der Waals surface area contributed by atoms with Gasteiger partial charge in [0.25, 0.3) is 0 Å². The summed E-state index contributed by atoms with van der Waals surface area (Å²) >= 11 is 6.19. The van der Waals surface area contributed by atoms with Gasteiger partial charge in [0.05, 0.1) is 0 Å². The lowest BCUT2D eigenvalue weighted by Gasteiger charge is -2.14. The van der Waals surface area contributed by atoms with Gasteiger partial charge in [0.1, 0.15) is 23.0 Å². The van der Waals surface area contributed by atoms with Crippen LogP contribution in [0.5, 0.6) is 34.5 Å². The van der Waals surface area contributed by atoms with E-state index in [9.17, 15) is 4.79 Å². The van der Waals surface area contributed by atoms with Crippen molar-refractivity contribution in [2.75, 3.05) is 0 Å². The molecule has 0 unspecified atom stereocenters. The summed E-state index contributed by atoms with van der Waals surface area (Å²) in [5.74, 6) is 2.76. The predicted molar refractivity (Wildman–Crippen MR) is 136 cm³/mol. The minimum Gasteiger partial charge on any atom is -0.481 e. The van der Waals surface area contributed by atoms with E-state index in [1.54, 1.807) is 24.3 Å². The molecule has 4 rings (SSSR count). The second kappa shape index (κ2) is 11.4. The average Bonchev–Trinajstić information content (AvgIpc) is 2.85. The first-order valence-corrected chi connectivity index (χ1v) is 11.7. The van der Waals surface area contributed by atoms with Gasteiger partial charge >= 0.3 is 5.97 Å². The third-order valence-corrected chi connectivity index (χ3v) is 5.55. The molecule has 0 bridgehead atoms. The zero-order valence-electron chi connectivity index (χ0n) is 19.2. The largest absolute Gasteiger partial charge is 0.481 e. The van der Waals surface area contributed by atoms with Gasteiger partial charge in [0, 0.05) is 23.6 Å². The molecule has 0 heterocycles. The molecule has 178 valence electrons. The molecule has 0 amide bonds. The second-order valence-corrected chi connectivity index (χ2v) is 8.30. The zero-order chi connectivity index (χ0) is 24.6. The van der Waals surface area contributed by atoms with E-state index in [-0.39, 0.29) is 6.42 Å². The maximum atomic E-state index is 10.9. The Morgan fingerprint density at radius 1 is 0.714 bits per heavy atom. The number of carbonyl (C=O) groups is 1. The van der Waals surface area contributed by atoms with Gasteiger partial charge in [-0.3, -0.25) is 4.79 Å². The first-order valence-electron chi connectivity index (χ1n) is 11.3.